The van der Waals surface area contributed by atoms with Gasteiger partial charge in [-0.05, 0) is 62.3 Å². The van der Waals surface area contributed by atoms with Crippen LogP contribution in [-0.4, -0.2) is 60.5 Å². The van der Waals surface area contributed by atoms with Crippen molar-refractivity contribution in [3.63, 3.8) is 0 Å². The molecular formula is C25H33N5O2. The molecule has 0 atom stereocenters. The highest BCUT2D eigenvalue weighted by atomic mass is 16.2. The second-order valence-corrected chi connectivity index (χ2v) is 8.99. The Morgan fingerprint density at radius 3 is 2.62 bits per heavy atom. The van der Waals surface area contributed by atoms with E-state index >= 15 is 0 Å². The van der Waals surface area contributed by atoms with Crippen LogP contribution in [0.2, 0.25) is 0 Å². The number of amides is 2. The third kappa shape index (κ3) is 5.27. The third-order valence-corrected chi connectivity index (χ3v) is 6.74. The first-order valence-electron chi connectivity index (χ1n) is 11.5. The molecule has 0 spiro atoms. The van der Waals surface area contributed by atoms with Gasteiger partial charge in [0.15, 0.2) is 0 Å². The minimum Gasteiger partial charge on any atom is -0.388 e. The Bertz CT molecular complexity index is 949. The molecule has 7 heteroatoms. The van der Waals surface area contributed by atoms with Crippen LogP contribution in [0.1, 0.15) is 53.1 Å². The summed E-state index contributed by atoms with van der Waals surface area (Å²) in [5, 5.41) is 9.04. The third-order valence-electron chi connectivity index (χ3n) is 6.74. The number of likely N-dealkylation sites (tertiary alicyclic amines) is 1. The molecule has 2 fully saturated rings. The van der Waals surface area contributed by atoms with E-state index < -0.39 is 0 Å². The Kier molecular flexibility index (Phi) is 7.05. The molecule has 2 amide bonds. The number of hydrogen-bond donors (Lipinski definition) is 3. The van der Waals surface area contributed by atoms with Gasteiger partial charge in [0.1, 0.15) is 0 Å². The maximum Gasteiger partial charge on any atom is 0.251 e. The van der Waals surface area contributed by atoms with Gasteiger partial charge in [0.25, 0.3) is 5.91 Å². The average molecular weight is 436 g/mol. The predicted octanol–water partition coefficient (Wildman–Crippen LogP) is 2.69. The molecule has 1 saturated carbocycles. The van der Waals surface area contributed by atoms with E-state index in [0.717, 1.165) is 18.7 Å². The zero-order chi connectivity index (χ0) is 22.5. The van der Waals surface area contributed by atoms with E-state index in [2.05, 4.69) is 25.8 Å². The van der Waals surface area contributed by atoms with E-state index in [-0.39, 0.29) is 24.4 Å². The van der Waals surface area contributed by atoms with Crippen LogP contribution in [0.5, 0.6) is 0 Å². The lowest BCUT2D eigenvalue weighted by molar-refractivity contribution is -0.122. The molecule has 0 unspecified atom stereocenters. The summed E-state index contributed by atoms with van der Waals surface area (Å²) in [6.07, 6.45) is 8.53. The van der Waals surface area contributed by atoms with E-state index in [1.165, 1.54) is 36.9 Å². The van der Waals surface area contributed by atoms with E-state index in [4.69, 9.17) is 0 Å². The molecule has 1 aliphatic carbocycles. The zero-order valence-electron chi connectivity index (χ0n) is 18.9. The standard InChI is InChI=1S/C25H33N5O2/c1-17-4-3-5-19(12-17)25(32)28-14-24(31)29-20-15-30(16-20)21-8-6-18(7-9-21)22-13-27-11-10-23(22)26-2/h3-5,10-13,18,20-21H,6-9,14-16H2,1-2H3,(H,26,27)(H,28,32)(H,29,31). The Labute approximate surface area is 190 Å². The molecular weight excluding hydrogens is 402 g/mol. The number of anilines is 1. The van der Waals surface area contributed by atoms with Crippen molar-refractivity contribution in [1.82, 2.24) is 20.5 Å². The predicted molar refractivity (Wildman–Crippen MR) is 126 cm³/mol. The SMILES string of the molecule is CNc1ccncc1C1CCC(N2CC(NC(=O)CNC(=O)c3cccc(C)c3)C2)CC1. The van der Waals surface area contributed by atoms with Crippen molar-refractivity contribution in [2.24, 2.45) is 0 Å². The minimum atomic E-state index is -0.217. The Hall–Kier alpha value is -2.93. The van der Waals surface area contributed by atoms with E-state index in [9.17, 15) is 9.59 Å². The zero-order valence-corrected chi connectivity index (χ0v) is 18.9. The van der Waals surface area contributed by atoms with Gasteiger partial charge < -0.3 is 16.0 Å². The Balaban J connectivity index is 1.16. The van der Waals surface area contributed by atoms with Crippen molar-refractivity contribution < 1.29 is 9.59 Å². The second kappa shape index (κ2) is 10.1. The summed E-state index contributed by atoms with van der Waals surface area (Å²) in [4.78, 5) is 31.2. The average Bonchev–Trinajstić information content (AvgIpc) is 2.79. The van der Waals surface area contributed by atoms with Crippen LogP contribution in [0.15, 0.2) is 42.7 Å². The first kappa shape index (κ1) is 22.3. The van der Waals surface area contributed by atoms with Gasteiger partial charge in [-0.25, -0.2) is 0 Å². The fourth-order valence-corrected chi connectivity index (χ4v) is 4.94. The number of nitrogens with one attached hydrogen (secondary N) is 3. The molecule has 0 bridgehead atoms. The maximum atomic E-state index is 12.2. The highest BCUT2D eigenvalue weighted by Crippen LogP contribution is 2.38. The lowest BCUT2D eigenvalue weighted by Crippen LogP contribution is -2.63. The summed E-state index contributed by atoms with van der Waals surface area (Å²) in [5.41, 5.74) is 4.12. The molecule has 7 nitrogen and oxygen atoms in total. The Morgan fingerprint density at radius 1 is 1.12 bits per heavy atom. The van der Waals surface area contributed by atoms with E-state index in [1.54, 1.807) is 6.07 Å². The number of nitrogens with zero attached hydrogens (tertiary/aromatic N) is 2. The first-order chi connectivity index (χ1) is 15.5. The van der Waals surface area contributed by atoms with Gasteiger partial charge >= 0.3 is 0 Å². The van der Waals surface area contributed by atoms with E-state index in [1.807, 2.05) is 50.6 Å². The first-order valence-corrected chi connectivity index (χ1v) is 11.5. The van der Waals surface area contributed by atoms with Crippen molar-refractivity contribution in [1.29, 1.82) is 0 Å². The van der Waals surface area contributed by atoms with Crippen LogP contribution < -0.4 is 16.0 Å². The summed E-state index contributed by atoms with van der Waals surface area (Å²) in [6.45, 7) is 3.73. The van der Waals surface area contributed by atoms with Crippen LogP contribution in [0, 0.1) is 6.92 Å². The van der Waals surface area contributed by atoms with Gasteiger partial charge in [-0.1, -0.05) is 17.7 Å². The topological polar surface area (TPSA) is 86.4 Å². The summed E-state index contributed by atoms with van der Waals surface area (Å²) >= 11 is 0. The van der Waals surface area contributed by atoms with Crippen LogP contribution in [0.25, 0.3) is 0 Å². The molecule has 32 heavy (non-hydrogen) atoms. The largest absolute Gasteiger partial charge is 0.388 e. The van der Waals surface area contributed by atoms with Crippen molar-refractivity contribution in [2.45, 2.75) is 50.6 Å². The highest BCUT2D eigenvalue weighted by Gasteiger charge is 2.35. The quantitative estimate of drug-likeness (QED) is 0.623. The summed E-state index contributed by atoms with van der Waals surface area (Å²) < 4.78 is 0. The number of carbonyl (C=O) groups excluding carboxylic acids is 2. The smallest absolute Gasteiger partial charge is 0.251 e. The molecule has 0 radical (unpaired) electrons. The van der Waals surface area contributed by atoms with Crippen LogP contribution >= 0.6 is 0 Å². The molecule has 2 heterocycles. The number of rotatable bonds is 7. The summed E-state index contributed by atoms with van der Waals surface area (Å²) in [5.74, 6) is 0.220. The summed E-state index contributed by atoms with van der Waals surface area (Å²) in [6, 6.07) is 10.2. The molecule has 2 aliphatic rings. The molecule has 1 aliphatic heterocycles. The molecule has 1 saturated heterocycles. The van der Waals surface area contributed by atoms with Crippen molar-refractivity contribution in [3.05, 3.63) is 59.4 Å². The fourth-order valence-electron chi connectivity index (χ4n) is 4.94. The monoisotopic (exact) mass is 435 g/mol. The molecule has 3 N–H and O–H groups in total. The number of pyridine rings is 1. The van der Waals surface area contributed by atoms with Crippen molar-refractivity contribution in [2.75, 3.05) is 32.0 Å². The number of carbonyl (C=O) groups is 2. The van der Waals surface area contributed by atoms with Gasteiger partial charge in [0, 0.05) is 49.8 Å². The van der Waals surface area contributed by atoms with Gasteiger partial charge in [-0.3, -0.25) is 19.5 Å². The Morgan fingerprint density at radius 2 is 1.91 bits per heavy atom. The van der Waals surface area contributed by atoms with E-state index in [0.29, 0.717) is 17.5 Å². The molecule has 1 aromatic carbocycles. The summed E-state index contributed by atoms with van der Waals surface area (Å²) in [7, 11) is 1.97. The molecule has 1 aromatic heterocycles. The number of hydrogen-bond acceptors (Lipinski definition) is 5. The highest BCUT2D eigenvalue weighted by molar-refractivity contribution is 5.96. The normalized spacial score (nSPS) is 21.4. The van der Waals surface area contributed by atoms with Gasteiger partial charge in [-0.2, -0.15) is 0 Å². The molecule has 170 valence electrons. The van der Waals surface area contributed by atoms with Gasteiger partial charge in [-0.15, -0.1) is 0 Å². The number of aromatic nitrogens is 1. The lowest BCUT2D eigenvalue weighted by atomic mass is 9.80. The van der Waals surface area contributed by atoms with Crippen molar-refractivity contribution >= 4 is 17.5 Å². The lowest BCUT2D eigenvalue weighted by Gasteiger charge is -2.46. The van der Waals surface area contributed by atoms with Crippen LogP contribution in [0.4, 0.5) is 5.69 Å². The second-order valence-electron chi connectivity index (χ2n) is 8.99. The van der Waals surface area contributed by atoms with Crippen molar-refractivity contribution in [3.8, 4) is 0 Å². The van der Waals surface area contributed by atoms with Gasteiger partial charge in [0.2, 0.25) is 5.91 Å². The molecule has 2 aromatic rings. The fraction of sp³-hybridized carbons (Fsp3) is 0.480. The maximum absolute atomic E-state index is 12.2. The van der Waals surface area contributed by atoms with Crippen LogP contribution in [-0.2, 0) is 4.79 Å². The van der Waals surface area contributed by atoms with Gasteiger partial charge in [0.05, 0.1) is 12.6 Å². The minimum absolute atomic E-state index is 0.00723. The molecule has 4 rings (SSSR count). The van der Waals surface area contributed by atoms with Crippen LogP contribution in [0.3, 0.4) is 0 Å². The number of benzene rings is 1. The number of aryl methyl sites for hydroxylation is 1.